The molecule has 0 aromatic heterocycles. The van der Waals surface area contributed by atoms with Crippen molar-refractivity contribution in [2.75, 3.05) is 13.7 Å². The molecular formula is C34H51N3O5. The normalized spacial score (nSPS) is 32.4. The molecule has 1 fully saturated rings. The first-order chi connectivity index (χ1) is 19.4. The summed E-state index contributed by atoms with van der Waals surface area (Å²) in [7, 11) is 1.42. The van der Waals surface area contributed by atoms with Gasteiger partial charge >= 0.3 is 0 Å². The van der Waals surface area contributed by atoms with Crippen LogP contribution in [-0.2, 0) is 23.9 Å². The maximum atomic E-state index is 13.6. The summed E-state index contributed by atoms with van der Waals surface area (Å²) in [5.74, 6) is -0.992. The second kappa shape index (κ2) is 12.1. The Labute approximate surface area is 252 Å². The molecule has 2 N–H and O–H groups in total. The Morgan fingerprint density at radius 2 is 1.79 bits per heavy atom. The van der Waals surface area contributed by atoms with Gasteiger partial charge < -0.3 is 4.74 Å². The second-order valence-corrected chi connectivity index (χ2v) is 14.9. The Bertz CT molecular complexity index is 1230. The van der Waals surface area contributed by atoms with E-state index in [1.54, 1.807) is 6.08 Å². The molecule has 0 unspecified atom stereocenters. The number of carbonyl (C=O) groups excluding carboxylic acids is 4. The first-order valence-corrected chi connectivity index (χ1v) is 15.4. The molecule has 3 aliphatic rings. The van der Waals surface area contributed by atoms with Gasteiger partial charge in [0, 0.05) is 30.3 Å². The minimum absolute atomic E-state index is 0.0274. The van der Waals surface area contributed by atoms with Crippen LogP contribution in [-0.4, -0.2) is 37.1 Å². The first-order valence-electron chi connectivity index (χ1n) is 15.4. The van der Waals surface area contributed by atoms with Gasteiger partial charge in [0.1, 0.15) is 12.7 Å². The van der Waals surface area contributed by atoms with Gasteiger partial charge in [-0.15, -0.1) is 0 Å². The van der Waals surface area contributed by atoms with Crippen LogP contribution in [0.5, 0.6) is 0 Å². The van der Waals surface area contributed by atoms with E-state index in [1.165, 1.54) is 7.11 Å². The molecule has 1 saturated carbocycles. The number of nitrogens with zero attached hydrogens (tertiary/aromatic N) is 1. The van der Waals surface area contributed by atoms with Crippen LogP contribution in [0.25, 0.3) is 0 Å². The van der Waals surface area contributed by atoms with Gasteiger partial charge in [-0.3, -0.25) is 30.0 Å². The van der Waals surface area contributed by atoms with Gasteiger partial charge in [-0.05, 0) is 66.8 Å². The number of ketones is 2. The standard InChI is InChI=1S/C34H51N3O5/c1-10-30(3,4)13-14-31(5,29(41)37-36-27(39)21-42-9)15-16-32(6)19-24(38)17-26-33(7)18-23(20-35)28(40)22(2)25(33)11-12-34(26,32)8/h17-18,22,25H,10-16,19,21H2,1-9H3,(H,36,39)(H,37,41)/t22-,25-,31-,32+,33-,34+/m0/s1. The Morgan fingerprint density at radius 1 is 1.12 bits per heavy atom. The van der Waals surface area contributed by atoms with Crippen LogP contribution in [0.15, 0.2) is 23.3 Å². The number of hydrazine groups is 1. The topological polar surface area (TPSA) is 125 Å². The zero-order valence-corrected chi connectivity index (χ0v) is 27.2. The van der Waals surface area contributed by atoms with Gasteiger partial charge in [0.25, 0.3) is 5.91 Å². The lowest BCUT2D eigenvalue weighted by Gasteiger charge is -2.61. The molecule has 0 saturated heterocycles. The zero-order chi connectivity index (χ0) is 31.7. The molecule has 3 rings (SSSR count). The van der Waals surface area contributed by atoms with Crippen LogP contribution in [0.1, 0.15) is 107 Å². The smallest absolute Gasteiger partial charge is 0.264 e. The number of allylic oxidation sites excluding steroid dienone is 4. The van der Waals surface area contributed by atoms with Crippen LogP contribution in [0.3, 0.4) is 0 Å². The number of nitrogens with one attached hydrogen (secondary N) is 2. The highest BCUT2D eigenvalue weighted by molar-refractivity contribution is 6.02. The van der Waals surface area contributed by atoms with Crippen LogP contribution in [0.4, 0.5) is 0 Å². The van der Waals surface area contributed by atoms with Crippen molar-refractivity contribution in [1.29, 1.82) is 5.26 Å². The summed E-state index contributed by atoms with van der Waals surface area (Å²) >= 11 is 0. The average molecular weight is 582 g/mol. The number of Topliss-reactive ketones (excluding diaryl/α,β-unsaturated/α-hetero) is 1. The van der Waals surface area contributed by atoms with Crippen LogP contribution in [0.2, 0.25) is 0 Å². The van der Waals surface area contributed by atoms with Crippen molar-refractivity contribution in [1.82, 2.24) is 10.9 Å². The Morgan fingerprint density at radius 3 is 2.38 bits per heavy atom. The molecule has 42 heavy (non-hydrogen) atoms. The quantitative estimate of drug-likeness (QED) is 0.315. The summed E-state index contributed by atoms with van der Waals surface area (Å²) in [5.41, 5.74) is 4.23. The Kier molecular flexibility index (Phi) is 9.69. The van der Waals surface area contributed by atoms with Crippen LogP contribution in [0, 0.1) is 50.2 Å². The van der Waals surface area contributed by atoms with E-state index in [0.717, 1.165) is 31.3 Å². The molecule has 0 radical (unpaired) electrons. The van der Waals surface area contributed by atoms with Gasteiger partial charge in [0.05, 0.1) is 5.57 Å². The van der Waals surface area contributed by atoms with Crippen molar-refractivity contribution < 1.29 is 23.9 Å². The third-order valence-electron chi connectivity index (χ3n) is 11.6. The summed E-state index contributed by atoms with van der Waals surface area (Å²) in [6.45, 7) is 16.8. The van der Waals surface area contributed by atoms with Gasteiger partial charge in [-0.1, -0.05) is 73.5 Å². The number of methoxy groups -OCH3 is 1. The number of amides is 2. The van der Waals surface area contributed by atoms with E-state index in [1.807, 2.05) is 19.9 Å². The van der Waals surface area contributed by atoms with Crippen LogP contribution < -0.4 is 10.9 Å². The van der Waals surface area contributed by atoms with E-state index in [0.29, 0.717) is 25.7 Å². The predicted octanol–water partition coefficient (Wildman–Crippen LogP) is 5.78. The number of carbonyl (C=O) groups is 4. The van der Waals surface area contributed by atoms with Crippen molar-refractivity contribution in [3.05, 3.63) is 23.3 Å². The van der Waals surface area contributed by atoms with Gasteiger partial charge in [0.15, 0.2) is 11.6 Å². The van der Waals surface area contributed by atoms with E-state index in [9.17, 15) is 24.4 Å². The molecule has 3 aliphatic carbocycles. The first kappa shape index (κ1) is 33.7. The number of rotatable bonds is 10. The van der Waals surface area contributed by atoms with E-state index < -0.39 is 22.2 Å². The second-order valence-electron chi connectivity index (χ2n) is 14.9. The molecule has 0 spiro atoms. The lowest BCUT2D eigenvalue weighted by atomic mass is 9.42. The molecule has 0 aromatic carbocycles. The summed E-state index contributed by atoms with van der Waals surface area (Å²) in [6.07, 6.45) is 9.28. The van der Waals surface area contributed by atoms with Crippen molar-refractivity contribution in [2.24, 2.45) is 38.9 Å². The predicted molar refractivity (Wildman–Crippen MR) is 161 cm³/mol. The lowest BCUT2D eigenvalue weighted by molar-refractivity contribution is -0.138. The number of hydrogen-bond donors (Lipinski definition) is 2. The van der Waals surface area contributed by atoms with Crippen molar-refractivity contribution >= 4 is 23.4 Å². The highest BCUT2D eigenvalue weighted by Crippen LogP contribution is 2.67. The van der Waals surface area contributed by atoms with E-state index in [2.05, 4.69) is 58.5 Å². The third-order valence-corrected chi connectivity index (χ3v) is 11.6. The summed E-state index contributed by atoms with van der Waals surface area (Å²) in [5, 5.41) is 9.76. The molecule has 232 valence electrons. The number of fused-ring (bicyclic) bond motifs is 3. The zero-order valence-electron chi connectivity index (χ0n) is 27.2. The lowest BCUT2D eigenvalue weighted by Crippen LogP contribution is -2.56. The van der Waals surface area contributed by atoms with Gasteiger partial charge in [-0.25, -0.2) is 0 Å². The fourth-order valence-corrected chi connectivity index (χ4v) is 7.75. The summed E-state index contributed by atoms with van der Waals surface area (Å²) in [6, 6.07) is 2.12. The maximum absolute atomic E-state index is 13.6. The molecule has 0 heterocycles. The van der Waals surface area contributed by atoms with Crippen molar-refractivity contribution in [2.45, 2.75) is 107 Å². The largest absolute Gasteiger partial charge is 0.375 e. The highest BCUT2D eigenvalue weighted by atomic mass is 16.5. The monoisotopic (exact) mass is 581 g/mol. The molecule has 0 bridgehead atoms. The van der Waals surface area contributed by atoms with Crippen molar-refractivity contribution in [3.63, 3.8) is 0 Å². The molecule has 8 nitrogen and oxygen atoms in total. The highest BCUT2D eigenvalue weighted by Gasteiger charge is 2.61. The molecule has 0 aromatic rings. The third kappa shape index (κ3) is 6.13. The SMILES string of the molecule is CCC(C)(C)CC[C@@](C)(CC[C@]1(C)CC(=O)C=C2[C@@]3(C)C=C(C#N)C(=O)[C@@H](C)[C@@H]3CC[C@]21C)C(=O)NNC(=O)COC. The Balaban J connectivity index is 1.96. The minimum Gasteiger partial charge on any atom is -0.375 e. The van der Waals surface area contributed by atoms with E-state index in [-0.39, 0.29) is 52.3 Å². The fraction of sp³-hybridized carbons (Fsp3) is 0.735. The summed E-state index contributed by atoms with van der Waals surface area (Å²) in [4.78, 5) is 52.0. The number of hydrogen-bond acceptors (Lipinski definition) is 6. The maximum Gasteiger partial charge on any atom is 0.264 e. The van der Waals surface area contributed by atoms with Crippen LogP contribution >= 0.6 is 0 Å². The molecule has 0 aliphatic heterocycles. The average Bonchev–Trinajstić information content (AvgIpc) is 2.93. The van der Waals surface area contributed by atoms with E-state index >= 15 is 0 Å². The summed E-state index contributed by atoms with van der Waals surface area (Å²) < 4.78 is 4.87. The van der Waals surface area contributed by atoms with Gasteiger partial charge in [0.2, 0.25) is 5.91 Å². The fourth-order valence-electron chi connectivity index (χ4n) is 7.75. The Hall–Kier alpha value is -2.79. The molecule has 2 amide bonds. The van der Waals surface area contributed by atoms with Crippen molar-refractivity contribution in [3.8, 4) is 6.07 Å². The molecule has 6 atom stereocenters. The number of nitriles is 1. The van der Waals surface area contributed by atoms with Gasteiger partial charge in [-0.2, -0.15) is 5.26 Å². The molecule has 8 heteroatoms. The number of ether oxygens (including phenoxy) is 1. The van der Waals surface area contributed by atoms with E-state index in [4.69, 9.17) is 4.74 Å². The molecular weight excluding hydrogens is 530 g/mol. The minimum atomic E-state index is -0.780.